The van der Waals surface area contributed by atoms with Crippen LogP contribution in [0.3, 0.4) is 0 Å². The second kappa shape index (κ2) is 8.22. The van der Waals surface area contributed by atoms with Gasteiger partial charge in [-0.25, -0.2) is 8.42 Å². The lowest BCUT2D eigenvalue weighted by molar-refractivity contribution is -0.132. The Morgan fingerprint density at radius 2 is 2.00 bits per heavy atom. The van der Waals surface area contributed by atoms with Gasteiger partial charge in [-0.15, -0.1) is 11.8 Å². The monoisotopic (exact) mass is 410 g/mol. The maximum Gasteiger partial charge on any atom is 0.237 e. The number of thioether (sulfide) groups is 1. The van der Waals surface area contributed by atoms with E-state index < -0.39 is 9.84 Å². The highest BCUT2D eigenvalue weighted by Crippen LogP contribution is 2.38. The van der Waals surface area contributed by atoms with Crippen LogP contribution in [0.5, 0.6) is 0 Å². The summed E-state index contributed by atoms with van der Waals surface area (Å²) in [6.07, 6.45) is 2.65. The van der Waals surface area contributed by atoms with Gasteiger partial charge in [0.1, 0.15) is 0 Å². The molecule has 0 radical (unpaired) electrons. The van der Waals surface area contributed by atoms with Gasteiger partial charge in [0.05, 0.1) is 21.6 Å². The van der Waals surface area contributed by atoms with Gasteiger partial charge < -0.3 is 10.2 Å². The molecule has 1 aromatic carbocycles. The second-order valence-electron chi connectivity index (χ2n) is 7.29. The number of sulfone groups is 1. The highest BCUT2D eigenvalue weighted by atomic mass is 32.2. The van der Waals surface area contributed by atoms with E-state index in [9.17, 15) is 18.0 Å². The number of nitrogens with zero attached hydrogens (tertiary/aromatic N) is 1. The van der Waals surface area contributed by atoms with E-state index in [1.165, 1.54) is 17.8 Å². The Hall–Kier alpha value is -1.54. The van der Waals surface area contributed by atoms with Gasteiger partial charge in [0.15, 0.2) is 9.84 Å². The summed E-state index contributed by atoms with van der Waals surface area (Å²) >= 11 is 1.45. The van der Waals surface area contributed by atoms with E-state index in [-0.39, 0.29) is 34.1 Å². The molecule has 2 amide bonds. The summed E-state index contributed by atoms with van der Waals surface area (Å²) < 4.78 is 25.3. The third kappa shape index (κ3) is 4.66. The van der Waals surface area contributed by atoms with Crippen LogP contribution in [-0.4, -0.2) is 49.2 Å². The van der Waals surface area contributed by atoms with Crippen molar-refractivity contribution in [2.75, 3.05) is 24.2 Å². The van der Waals surface area contributed by atoms with Gasteiger partial charge in [0.2, 0.25) is 11.8 Å². The Morgan fingerprint density at radius 3 is 2.67 bits per heavy atom. The first kappa shape index (κ1) is 20.2. The van der Waals surface area contributed by atoms with Gasteiger partial charge in [-0.3, -0.25) is 9.59 Å². The van der Waals surface area contributed by atoms with E-state index in [1.807, 2.05) is 6.92 Å². The van der Waals surface area contributed by atoms with Crippen molar-refractivity contribution in [2.45, 2.75) is 54.6 Å². The van der Waals surface area contributed by atoms with Gasteiger partial charge in [-0.1, -0.05) is 13.8 Å². The number of carbonyl (C=O) groups is 2. The number of fused-ring (bicyclic) bond motifs is 1. The van der Waals surface area contributed by atoms with Crippen LogP contribution in [0.25, 0.3) is 0 Å². The number of anilines is 1. The van der Waals surface area contributed by atoms with Gasteiger partial charge in [-0.2, -0.15) is 0 Å². The van der Waals surface area contributed by atoms with Crippen molar-refractivity contribution in [3.05, 3.63) is 18.2 Å². The molecule has 8 heteroatoms. The molecule has 6 nitrogen and oxygen atoms in total. The Labute approximate surface area is 165 Å². The fraction of sp³-hybridized carbons (Fsp3) is 0.579. The first-order chi connectivity index (χ1) is 12.8. The molecule has 2 heterocycles. The average molecular weight is 411 g/mol. The highest BCUT2D eigenvalue weighted by molar-refractivity contribution is 8.01. The van der Waals surface area contributed by atoms with Crippen LogP contribution < -0.4 is 5.32 Å². The minimum absolute atomic E-state index is 0.00713. The van der Waals surface area contributed by atoms with Gasteiger partial charge in [-0.05, 0) is 43.4 Å². The number of piperidine rings is 1. The first-order valence-corrected chi connectivity index (χ1v) is 12.0. The lowest BCUT2D eigenvalue weighted by Gasteiger charge is -2.30. The number of nitrogens with one attached hydrogen (secondary N) is 1. The van der Waals surface area contributed by atoms with E-state index in [2.05, 4.69) is 12.2 Å². The van der Waals surface area contributed by atoms with Crippen molar-refractivity contribution >= 4 is 39.1 Å². The van der Waals surface area contributed by atoms with Crippen molar-refractivity contribution in [2.24, 2.45) is 5.92 Å². The smallest absolute Gasteiger partial charge is 0.237 e. The minimum Gasteiger partial charge on any atom is -0.343 e. The summed E-state index contributed by atoms with van der Waals surface area (Å²) in [5, 5.41) is 2.65. The van der Waals surface area contributed by atoms with E-state index in [1.54, 1.807) is 17.0 Å². The number of hydrogen-bond acceptors (Lipinski definition) is 5. The molecule has 148 valence electrons. The summed E-state index contributed by atoms with van der Waals surface area (Å²) in [7, 11) is -3.58. The maximum absolute atomic E-state index is 12.7. The number of amides is 2. The molecule has 1 fully saturated rings. The highest BCUT2D eigenvalue weighted by Gasteiger charge is 2.28. The Morgan fingerprint density at radius 1 is 1.30 bits per heavy atom. The van der Waals surface area contributed by atoms with E-state index >= 15 is 0 Å². The quantitative estimate of drug-likeness (QED) is 0.807. The molecule has 0 aliphatic carbocycles. The Kier molecular flexibility index (Phi) is 6.15. The fourth-order valence-electron chi connectivity index (χ4n) is 3.35. The molecule has 0 spiro atoms. The molecule has 0 bridgehead atoms. The molecular formula is C19H26N2O4S2. The molecule has 1 aromatic rings. The molecule has 27 heavy (non-hydrogen) atoms. The maximum atomic E-state index is 12.7. The van der Waals surface area contributed by atoms with E-state index in [4.69, 9.17) is 0 Å². The molecule has 1 N–H and O–H groups in total. The Bertz CT molecular complexity index is 830. The summed E-state index contributed by atoms with van der Waals surface area (Å²) in [4.78, 5) is 27.2. The molecule has 1 saturated heterocycles. The number of likely N-dealkylation sites (tertiary alicyclic amines) is 1. The van der Waals surface area contributed by atoms with Crippen molar-refractivity contribution in [1.29, 1.82) is 0 Å². The van der Waals surface area contributed by atoms with E-state index in [0.717, 1.165) is 17.7 Å². The van der Waals surface area contributed by atoms with Gasteiger partial charge in [0.25, 0.3) is 0 Å². The topological polar surface area (TPSA) is 83.6 Å². The summed E-state index contributed by atoms with van der Waals surface area (Å²) in [6.45, 7) is 5.53. The molecule has 0 unspecified atom stereocenters. The fourth-order valence-corrected chi connectivity index (χ4v) is 5.62. The third-order valence-corrected chi connectivity index (χ3v) is 8.38. The Balaban J connectivity index is 1.66. The van der Waals surface area contributed by atoms with Crippen LogP contribution in [0.15, 0.2) is 28.0 Å². The summed E-state index contributed by atoms with van der Waals surface area (Å²) in [6, 6.07) is 4.82. The normalized spacial score (nSPS) is 20.9. The molecule has 0 saturated carbocycles. The number of hydrogen-bond donors (Lipinski definition) is 1. The predicted octanol–water partition coefficient (Wildman–Crippen LogP) is 2.93. The number of carbonyl (C=O) groups excluding carboxylic acids is 2. The number of rotatable bonds is 5. The molecule has 2 aliphatic rings. The predicted molar refractivity (Wildman–Crippen MR) is 107 cm³/mol. The molecule has 3 rings (SSSR count). The second-order valence-corrected chi connectivity index (χ2v) is 10.6. The first-order valence-electron chi connectivity index (χ1n) is 9.42. The molecular weight excluding hydrogens is 384 g/mol. The van der Waals surface area contributed by atoms with Crippen LogP contribution in [0.1, 0.15) is 39.5 Å². The third-order valence-electron chi connectivity index (χ3n) is 5.22. The van der Waals surface area contributed by atoms with Crippen molar-refractivity contribution < 1.29 is 18.0 Å². The van der Waals surface area contributed by atoms with Crippen LogP contribution in [-0.2, 0) is 19.4 Å². The summed E-state index contributed by atoms with van der Waals surface area (Å²) in [5.41, 5.74) is 0.534. The lowest BCUT2D eigenvalue weighted by Crippen LogP contribution is -2.38. The van der Waals surface area contributed by atoms with Gasteiger partial charge in [0, 0.05) is 24.4 Å². The zero-order valence-corrected chi connectivity index (χ0v) is 17.4. The summed E-state index contributed by atoms with van der Waals surface area (Å²) in [5.74, 6) is 0.209. The number of benzene rings is 1. The van der Waals surface area contributed by atoms with Crippen LogP contribution in [0.4, 0.5) is 5.69 Å². The SMILES string of the molecule is CC[C@H]1Sc2ccc(S(=O)(=O)CCC(=O)N3CCC(C)CC3)cc2NC1=O. The van der Waals surface area contributed by atoms with Crippen LogP contribution >= 0.6 is 11.8 Å². The van der Waals surface area contributed by atoms with Crippen molar-refractivity contribution in [1.82, 2.24) is 4.90 Å². The molecule has 2 aliphatic heterocycles. The minimum atomic E-state index is -3.58. The largest absolute Gasteiger partial charge is 0.343 e. The van der Waals surface area contributed by atoms with Gasteiger partial charge >= 0.3 is 0 Å². The van der Waals surface area contributed by atoms with Crippen LogP contribution in [0, 0.1) is 5.92 Å². The zero-order valence-electron chi connectivity index (χ0n) is 15.7. The molecule has 1 atom stereocenters. The molecule has 0 aromatic heterocycles. The van der Waals surface area contributed by atoms with Crippen molar-refractivity contribution in [3.63, 3.8) is 0 Å². The van der Waals surface area contributed by atoms with Crippen LogP contribution in [0.2, 0.25) is 0 Å². The van der Waals surface area contributed by atoms with E-state index in [0.29, 0.717) is 31.1 Å². The average Bonchev–Trinajstić information content (AvgIpc) is 2.65. The zero-order chi connectivity index (χ0) is 19.6. The van der Waals surface area contributed by atoms with Crippen molar-refractivity contribution in [3.8, 4) is 0 Å². The standard InChI is InChI=1S/C19H26N2O4S2/c1-3-16-19(23)20-15-12-14(4-5-17(15)26-16)27(24,25)11-8-18(22)21-9-6-13(2)7-10-21/h4-5,12-13,16H,3,6-11H2,1-2H3,(H,20,23)/t16-/m1/s1. The lowest BCUT2D eigenvalue weighted by atomic mass is 9.99.